The Morgan fingerprint density at radius 1 is 0.621 bits per heavy atom. The highest BCUT2D eigenvalue weighted by Crippen LogP contribution is 2.43. The number of rotatable bonds is 45. The molecule has 9 nitrogen and oxygen atoms in total. The number of carbonyl (C=O) groups excluding carboxylic acids is 1. The number of nitrogens with one attached hydrogen (secondary N) is 1. The van der Waals surface area contributed by atoms with Crippen molar-refractivity contribution >= 4 is 13.7 Å². The Labute approximate surface area is 357 Å². The van der Waals surface area contributed by atoms with Gasteiger partial charge in [0.2, 0.25) is 5.91 Å². The summed E-state index contributed by atoms with van der Waals surface area (Å²) in [5.74, 6) is -0.445. The van der Waals surface area contributed by atoms with E-state index in [4.69, 9.17) is 14.8 Å². The fraction of sp³-hybridized carbons (Fsp3) is 0.854. The minimum absolute atomic E-state index is 0.0492. The molecule has 6 N–H and O–H groups in total. The van der Waals surface area contributed by atoms with Gasteiger partial charge >= 0.3 is 7.82 Å². The molecule has 0 aromatic carbocycles. The van der Waals surface area contributed by atoms with E-state index in [0.29, 0.717) is 6.42 Å². The molecule has 0 aliphatic heterocycles. The third-order valence-electron chi connectivity index (χ3n) is 10.8. The zero-order chi connectivity index (χ0) is 42.6. The van der Waals surface area contributed by atoms with Crippen LogP contribution in [-0.4, -0.2) is 59.0 Å². The molecule has 0 fully saturated rings. The highest BCUT2D eigenvalue weighted by atomic mass is 31.2. The minimum atomic E-state index is -4.40. The van der Waals surface area contributed by atoms with Gasteiger partial charge in [-0.05, 0) is 44.9 Å². The number of hydrogen-bond donors (Lipinski definition) is 5. The number of aliphatic hydroxyl groups excluding tert-OH is 2. The topological polar surface area (TPSA) is 151 Å². The van der Waals surface area contributed by atoms with Crippen molar-refractivity contribution < 1.29 is 33.5 Å². The van der Waals surface area contributed by atoms with Crippen LogP contribution < -0.4 is 11.1 Å². The number of hydrogen-bond acceptors (Lipinski definition) is 7. The van der Waals surface area contributed by atoms with Gasteiger partial charge in [-0.15, -0.1) is 0 Å². The Balaban J connectivity index is 4.22. The van der Waals surface area contributed by atoms with Gasteiger partial charge in [-0.2, -0.15) is 0 Å². The maximum Gasteiger partial charge on any atom is 0.472 e. The highest BCUT2D eigenvalue weighted by Gasteiger charge is 2.27. The third-order valence-corrected chi connectivity index (χ3v) is 11.8. The normalized spacial score (nSPS) is 14.8. The number of unbranched alkanes of at least 4 members (excludes halogenated alkanes) is 27. The van der Waals surface area contributed by atoms with Crippen molar-refractivity contribution in [3.8, 4) is 0 Å². The van der Waals surface area contributed by atoms with Gasteiger partial charge in [-0.25, -0.2) is 4.57 Å². The third kappa shape index (κ3) is 41.4. The number of aliphatic hydroxyl groups is 2. The summed E-state index contributed by atoms with van der Waals surface area (Å²) >= 11 is 0. The summed E-state index contributed by atoms with van der Waals surface area (Å²) in [6.07, 6.45) is 49.4. The first kappa shape index (κ1) is 56.7. The average Bonchev–Trinajstić information content (AvgIpc) is 3.20. The zero-order valence-corrected chi connectivity index (χ0v) is 38.5. The van der Waals surface area contributed by atoms with Gasteiger partial charge in [0.15, 0.2) is 0 Å². The molecule has 0 aliphatic carbocycles. The molecule has 0 aromatic rings. The molecule has 10 heteroatoms. The molecule has 0 aromatic heterocycles. The molecular formula is C48H93N2O7P. The summed E-state index contributed by atoms with van der Waals surface area (Å²) in [6, 6.07) is -0.982. The van der Waals surface area contributed by atoms with Crippen LogP contribution >= 0.6 is 7.82 Å². The lowest BCUT2D eigenvalue weighted by atomic mass is 10.0. The molecule has 0 bridgehead atoms. The van der Waals surface area contributed by atoms with E-state index in [1.165, 1.54) is 148 Å². The van der Waals surface area contributed by atoms with Crippen molar-refractivity contribution in [2.75, 3.05) is 19.8 Å². The highest BCUT2D eigenvalue weighted by molar-refractivity contribution is 7.47. The van der Waals surface area contributed by atoms with Crippen molar-refractivity contribution in [2.24, 2.45) is 5.73 Å². The average molecular weight is 841 g/mol. The molecule has 58 heavy (non-hydrogen) atoms. The summed E-state index contributed by atoms with van der Waals surface area (Å²) in [4.78, 5) is 22.8. The molecule has 0 radical (unpaired) electrons. The van der Waals surface area contributed by atoms with Gasteiger partial charge in [0.25, 0.3) is 0 Å². The van der Waals surface area contributed by atoms with Crippen LogP contribution in [0, 0.1) is 0 Å². The first-order valence-electron chi connectivity index (χ1n) is 24.2. The maximum atomic E-state index is 12.9. The van der Waals surface area contributed by atoms with Gasteiger partial charge in [0.05, 0.1) is 37.9 Å². The maximum absolute atomic E-state index is 12.9. The van der Waals surface area contributed by atoms with Gasteiger partial charge in [0.1, 0.15) is 0 Å². The fourth-order valence-electron chi connectivity index (χ4n) is 7.16. The predicted octanol–water partition coefficient (Wildman–Crippen LogP) is 12.9. The van der Waals surface area contributed by atoms with E-state index in [-0.39, 0.29) is 19.6 Å². The Kier molecular flexibility index (Phi) is 42.8. The van der Waals surface area contributed by atoms with Crippen molar-refractivity contribution in [3.05, 3.63) is 36.5 Å². The van der Waals surface area contributed by atoms with Gasteiger partial charge < -0.3 is 26.2 Å². The van der Waals surface area contributed by atoms with Crippen LogP contribution in [-0.2, 0) is 18.4 Å². The first-order chi connectivity index (χ1) is 28.3. The number of allylic oxidation sites excluding steroid dienone is 5. The molecule has 0 spiro atoms. The van der Waals surface area contributed by atoms with Crippen molar-refractivity contribution in [1.29, 1.82) is 0 Å². The molecule has 0 heterocycles. The summed E-state index contributed by atoms with van der Waals surface area (Å²) in [5, 5.41) is 24.1. The van der Waals surface area contributed by atoms with Crippen molar-refractivity contribution in [3.63, 3.8) is 0 Å². The Morgan fingerprint density at radius 3 is 1.55 bits per heavy atom. The van der Waals surface area contributed by atoms with Crippen LogP contribution in [0.25, 0.3) is 0 Å². The van der Waals surface area contributed by atoms with Crippen LogP contribution in [0.1, 0.15) is 226 Å². The van der Waals surface area contributed by atoms with Crippen molar-refractivity contribution in [2.45, 2.75) is 244 Å². The fourth-order valence-corrected chi connectivity index (χ4v) is 7.92. The molecule has 0 saturated carbocycles. The van der Waals surface area contributed by atoms with Crippen molar-refractivity contribution in [1.82, 2.24) is 5.32 Å². The quantitative estimate of drug-likeness (QED) is 0.0231. The summed E-state index contributed by atoms with van der Waals surface area (Å²) in [6.45, 7) is 3.89. The van der Waals surface area contributed by atoms with E-state index in [0.717, 1.165) is 51.4 Å². The molecular weight excluding hydrogens is 748 g/mol. The predicted molar refractivity (Wildman–Crippen MR) is 246 cm³/mol. The molecule has 342 valence electrons. The van der Waals surface area contributed by atoms with Crippen LogP contribution in [0.2, 0.25) is 0 Å². The number of nitrogens with two attached hydrogens (primary N) is 1. The number of carbonyl (C=O) groups is 1. The summed E-state index contributed by atoms with van der Waals surface area (Å²) in [5.41, 5.74) is 5.37. The summed E-state index contributed by atoms with van der Waals surface area (Å²) in [7, 11) is -4.40. The molecule has 0 aliphatic rings. The van der Waals surface area contributed by atoms with Gasteiger partial charge in [0, 0.05) is 6.54 Å². The van der Waals surface area contributed by atoms with E-state index < -0.39 is 38.6 Å². The minimum Gasteiger partial charge on any atom is -0.393 e. The Bertz CT molecular complexity index is 1020. The second-order valence-corrected chi connectivity index (χ2v) is 17.9. The second-order valence-electron chi connectivity index (χ2n) is 16.5. The molecule has 0 rings (SSSR count). The van der Waals surface area contributed by atoms with E-state index in [9.17, 15) is 24.5 Å². The second kappa shape index (κ2) is 43.8. The summed E-state index contributed by atoms with van der Waals surface area (Å²) < 4.78 is 22.1. The van der Waals surface area contributed by atoms with Gasteiger partial charge in [-0.1, -0.05) is 211 Å². The van der Waals surface area contributed by atoms with E-state index in [2.05, 4.69) is 43.5 Å². The van der Waals surface area contributed by atoms with E-state index in [1.54, 1.807) is 6.08 Å². The molecule has 4 atom stereocenters. The standard InChI is InChI=1S/C48H93N2O7P/c1-3-5-7-9-11-13-15-17-19-21-22-24-25-27-29-31-33-35-37-39-45(51)43-48(53)50-46(44-57-58(54,55)56-42-41-49)47(52)40-38-36-34-32-30-28-26-23-20-18-16-14-12-10-8-6-4-2/h5,7,11,13,38,40,45-47,51-52H,3-4,6,8-10,12,14-37,39,41-44,49H2,1-2H3,(H,50,53)(H,54,55)/b7-5-,13-11-,40-38+. The van der Waals surface area contributed by atoms with Crippen LogP contribution in [0.3, 0.4) is 0 Å². The zero-order valence-electron chi connectivity index (χ0n) is 37.7. The lowest BCUT2D eigenvalue weighted by Crippen LogP contribution is -2.46. The number of phosphoric ester groups is 1. The van der Waals surface area contributed by atoms with E-state index >= 15 is 0 Å². The van der Waals surface area contributed by atoms with Crippen LogP contribution in [0.15, 0.2) is 36.5 Å². The van der Waals surface area contributed by atoms with Crippen LogP contribution in [0.5, 0.6) is 0 Å². The largest absolute Gasteiger partial charge is 0.472 e. The number of phosphoric acid groups is 1. The lowest BCUT2D eigenvalue weighted by molar-refractivity contribution is -0.124. The monoisotopic (exact) mass is 841 g/mol. The lowest BCUT2D eigenvalue weighted by Gasteiger charge is -2.24. The van der Waals surface area contributed by atoms with Gasteiger partial charge in [-0.3, -0.25) is 13.8 Å². The van der Waals surface area contributed by atoms with E-state index in [1.807, 2.05) is 6.08 Å². The Hall–Kier alpha value is -1.32. The SMILES string of the molecule is CC/C=C\C/C=C\CCCCCCCCCCCCCCC(O)CC(=O)NC(COP(=O)(O)OCCN)C(O)/C=C/CCCCCCCCCCCCCCCCC. The smallest absolute Gasteiger partial charge is 0.393 e. The molecule has 4 unspecified atom stereocenters. The first-order valence-corrected chi connectivity index (χ1v) is 25.7. The number of amides is 1. The molecule has 0 saturated heterocycles. The van der Waals surface area contributed by atoms with Crippen LogP contribution in [0.4, 0.5) is 0 Å². The molecule has 1 amide bonds. The Morgan fingerprint density at radius 2 is 1.07 bits per heavy atom.